The molecule has 8 unspecified atom stereocenters. The molecule has 4 rings (SSSR count). The van der Waals surface area contributed by atoms with Gasteiger partial charge in [-0.05, 0) is 44.2 Å². The molecule has 8 nitrogen and oxygen atoms in total. The summed E-state index contributed by atoms with van der Waals surface area (Å²) in [4.78, 5) is 13.1. The van der Waals surface area contributed by atoms with E-state index >= 15 is 0 Å². The summed E-state index contributed by atoms with van der Waals surface area (Å²) in [6.07, 6.45) is 1.19. The molecule has 4 saturated heterocycles. The van der Waals surface area contributed by atoms with Gasteiger partial charge in [-0.25, -0.2) is 4.39 Å². The summed E-state index contributed by atoms with van der Waals surface area (Å²) in [5.41, 5.74) is 10.3. The van der Waals surface area contributed by atoms with Crippen LogP contribution in [0.2, 0.25) is 0 Å². The minimum atomic E-state index is -0.995. The number of nitrogens with zero attached hydrogens (tertiary/aromatic N) is 2. The molecule has 0 aromatic heterocycles. The van der Waals surface area contributed by atoms with Crippen LogP contribution in [0.3, 0.4) is 0 Å². The van der Waals surface area contributed by atoms with Crippen LogP contribution in [0.15, 0.2) is 0 Å². The summed E-state index contributed by atoms with van der Waals surface area (Å²) >= 11 is 6.54. The average molecular weight is 403 g/mol. The number of carbonyl (C=O) groups excluding carboxylic acids is 1. The van der Waals surface area contributed by atoms with Gasteiger partial charge < -0.3 is 32.1 Å². The lowest BCUT2D eigenvalue weighted by Crippen LogP contribution is -2.61. The van der Waals surface area contributed by atoms with Crippen molar-refractivity contribution in [3.63, 3.8) is 0 Å². The summed E-state index contributed by atoms with van der Waals surface area (Å²) in [6.45, 7) is 3.02. The largest absolute Gasteiger partial charge is 0.578 e. The third kappa shape index (κ3) is 4.10. The number of carbonyl (C=O) groups is 1. The van der Waals surface area contributed by atoms with E-state index in [1.165, 1.54) is 0 Å². The van der Waals surface area contributed by atoms with E-state index < -0.39 is 18.3 Å². The lowest BCUT2D eigenvalue weighted by atomic mass is 9.77. The number of hydrogen-bond donors (Lipinski definition) is 5. The molecule has 6 N–H and O–H groups in total. The van der Waals surface area contributed by atoms with Crippen molar-refractivity contribution in [1.82, 2.24) is 26.3 Å². The predicted octanol–water partition coefficient (Wildman–Crippen LogP) is -0.582. The number of piperidine rings is 2. The van der Waals surface area contributed by atoms with Crippen molar-refractivity contribution in [1.29, 1.82) is 0 Å². The minimum Gasteiger partial charge on any atom is -0.578 e. The third-order valence-corrected chi connectivity index (χ3v) is 6.87. The highest BCUT2D eigenvalue weighted by Crippen LogP contribution is 2.34. The summed E-state index contributed by atoms with van der Waals surface area (Å²) in [5, 5.41) is 14.6. The van der Waals surface area contributed by atoms with E-state index in [4.69, 9.17) is 17.3 Å². The van der Waals surface area contributed by atoms with E-state index in [1.807, 2.05) is 0 Å². The molecule has 154 valence electrons. The topological polar surface area (TPSA) is 109 Å². The SMILES string of the molecule is NC1[N-]N2CC(F)CNC2C1C(=O)NC1CNCCC1C1CCCNC1Cl. The van der Waals surface area contributed by atoms with Crippen molar-refractivity contribution in [2.24, 2.45) is 23.5 Å². The highest BCUT2D eigenvalue weighted by molar-refractivity contribution is 6.20. The van der Waals surface area contributed by atoms with Gasteiger partial charge in [0.05, 0.1) is 17.6 Å². The lowest BCUT2D eigenvalue weighted by molar-refractivity contribution is -0.128. The molecule has 0 spiro atoms. The van der Waals surface area contributed by atoms with Crippen molar-refractivity contribution >= 4 is 17.5 Å². The number of nitrogens with one attached hydrogen (secondary N) is 4. The Morgan fingerprint density at radius 2 is 2.07 bits per heavy atom. The first kappa shape index (κ1) is 19.8. The summed E-state index contributed by atoms with van der Waals surface area (Å²) in [5.74, 6) is 0.0329. The first-order valence-corrected chi connectivity index (χ1v) is 10.5. The van der Waals surface area contributed by atoms with Gasteiger partial charge in [-0.15, -0.1) is 11.6 Å². The molecule has 10 heteroatoms. The number of fused-ring (bicyclic) bond motifs is 1. The molecule has 0 saturated carbocycles. The van der Waals surface area contributed by atoms with Crippen LogP contribution in [0.25, 0.3) is 5.43 Å². The van der Waals surface area contributed by atoms with Crippen LogP contribution >= 0.6 is 11.6 Å². The van der Waals surface area contributed by atoms with Gasteiger partial charge in [-0.1, -0.05) is 6.17 Å². The summed E-state index contributed by atoms with van der Waals surface area (Å²) in [7, 11) is 0. The van der Waals surface area contributed by atoms with Gasteiger partial charge in [0.15, 0.2) is 0 Å². The highest BCUT2D eigenvalue weighted by atomic mass is 35.5. The molecule has 0 aromatic rings. The van der Waals surface area contributed by atoms with Gasteiger partial charge in [-0.3, -0.25) is 10.1 Å². The van der Waals surface area contributed by atoms with Crippen LogP contribution < -0.4 is 27.0 Å². The van der Waals surface area contributed by atoms with Gasteiger partial charge in [0.1, 0.15) is 6.17 Å². The maximum absolute atomic E-state index is 13.6. The molecule has 1 amide bonds. The number of halogens is 2. The van der Waals surface area contributed by atoms with E-state index in [1.54, 1.807) is 5.01 Å². The van der Waals surface area contributed by atoms with Gasteiger partial charge >= 0.3 is 0 Å². The molecular formula is C17H30ClFN7O-. The Hall–Kier alpha value is -0.550. The van der Waals surface area contributed by atoms with Crippen LogP contribution in [0.1, 0.15) is 19.3 Å². The van der Waals surface area contributed by atoms with Gasteiger partial charge in [0, 0.05) is 25.7 Å². The summed E-state index contributed by atoms with van der Waals surface area (Å²) in [6, 6.07) is 0.0103. The van der Waals surface area contributed by atoms with E-state index in [0.29, 0.717) is 11.8 Å². The van der Waals surface area contributed by atoms with Gasteiger partial charge in [-0.2, -0.15) is 0 Å². The van der Waals surface area contributed by atoms with Crippen LogP contribution in [-0.4, -0.2) is 73.7 Å². The third-order valence-electron chi connectivity index (χ3n) is 6.39. The minimum absolute atomic E-state index is 0.0103. The second-order valence-electron chi connectivity index (χ2n) is 8.14. The van der Waals surface area contributed by atoms with Crippen LogP contribution in [0.4, 0.5) is 4.39 Å². The molecule has 4 fully saturated rings. The Kier molecular flexibility index (Phi) is 6.18. The zero-order chi connectivity index (χ0) is 19.0. The standard InChI is InChI=1S/C17H30ClFN7O/c18-14-11(2-1-4-22-14)10-3-5-21-7-12(10)24-17(27)13-15(20)25-26-8-9(19)6-23-16(13)26/h9-16,21-23H,1-8,20H2,(H,24,27)/q-1. The molecule has 4 aliphatic heterocycles. The second-order valence-corrected chi connectivity index (χ2v) is 8.61. The van der Waals surface area contributed by atoms with Crippen molar-refractivity contribution in [2.45, 2.75) is 49.3 Å². The Bertz CT molecular complexity index is 543. The Labute approximate surface area is 164 Å². The van der Waals surface area contributed by atoms with Crippen molar-refractivity contribution in [3.05, 3.63) is 5.43 Å². The van der Waals surface area contributed by atoms with Crippen LogP contribution in [0, 0.1) is 17.8 Å². The van der Waals surface area contributed by atoms with Crippen molar-refractivity contribution < 1.29 is 9.18 Å². The Balaban J connectivity index is 1.42. The number of hydrogen-bond acceptors (Lipinski definition) is 6. The molecule has 27 heavy (non-hydrogen) atoms. The number of rotatable bonds is 3. The fraction of sp³-hybridized carbons (Fsp3) is 0.941. The maximum Gasteiger partial charge on any atom is 0.226 e. The smallest absolute Gasteiger partial charge is 0.226 e. The van der Waals surface area contributed by atoms with E-state index in [0.717, 1.165) is 38.9 Å². The molecule has 0 radical (unpaired) electrons. The zero-order valence-corrected chi connectivity index (χ0v) is 16.2. The second kappa shape index (κ2) is 8.44. The lowest BCUT2D eigenvalue weighted by Gasteiger charge is -2.43. The van der Waals surface area contributed by atoms with Crippen LogP contribution in [-0.2, 0) is 4.79 Å². The molecule has 4 aliphatic rings. The number of nitrogens with two attached hydrogens (primary N) is 1. The molecule has 8 atom stereocenters. The fourth-order valence-corrected chi connectivity index (χ4v) is 5.45. The number of amides is 1. The molecule has 0 bridgehead atoms. The first-order chi connectivity index (χ1) is 13.0. The zero-order valence-electron chi connectivity index (χ0n) is 15.4. The molecule has 4 heterocycles. The quantitative estimate of drug-likeness (QED) is 0.319. The Morgan fingerprint density at radius 3 is 2.89 bits per heavy atom. The average Bonchev–Trinajstić information content (AvgIpc) is 2.97. The first-order valence-electron chi connectivity index (χ1n) is 10.0. The highest BCUT2D eigenvalue weighted by Gasteiger charge is 2.42. The van der Waals surface area contributed by atoms with Gasteiger partial charge in [0.2, 0.25) is 5.91 Å². The summed E-state index contributed by atoms with van der Waals surface area (Å²) < 4.78 is 13.6. The van der Waals surface area contributed by atoms with E-state index in [2.05, 4.69) is 26.7 Å². The normalized spacial score (nSPS) is 46.0. The van der Waals surface area contributed by atoms with Gasteiger partial charge in [0.25, 0.3) is 0 Å². The maximum atomic E-state index is 13.6. The van der Waals surface area contributed by atoms with Crippen LogP contribution in [0.5, 0.6) is 0 Å². The monoisotopic (exact) mass is 402 g/mol. The molecular weight excluding hydrogens is 373 g/mol. The molecule has 0 aromatic carbocycles. The Morgan fingerprint density at radius 1 is 1.22 bits per heavy atom. The predicted molar refractivity (Wildman–Crippen MR) is 101 cm³/mol. The van der Waals surface area contributed by atoms with Crippen molar-refractivity contribution in [3.8, 4) is 0 Å². The molecule has 0 aliphatic carbocycles. The van der Waals surface area contributed by atoms with E-state index in [9.17, 15) is 9.18 Å². The number of alkyl halides is 2. The van der Waals surface area contributed by atoms with E-state index in [-0.39, 0.29) is 36.7 Å². The fourth-order valence-electron chi connectivity index (χ4n) is 5.03. The van der Waals surface area contributed by atoms with Crippen molar-refractivity contribution in [2.75, 3.05) is 32.7 Å².